The summed E-state index contributed by atoms with van der Waals surface area (Å²) in [7, 11) is 1.95. The average Bonchev–Trinajstić information content (AvgIpc) is 2.88. The number of likely N-dealkylation sites (tertiary alicyclic amines) is 1. The van der Waals surface area contributed by atoms with Gasteiger partial charge in [-0.2, -0.15) is 0 Å². The van der Waals surface area contributed by atoms with E-state index in [0.29, 0.717) is 19.0 Å². The summed E-state index contributed by atoms with van der Waals surface area (Å²) in [6.45, 7) is 2.00. The smallest absolute Gasteiger partial charge is 0.239 e. The highest BCUT2D eigenvalue weighted by atomic mass is 32.2. The van der Waals surface area contributed by atoms with Crippen molar-refractivity contribution in [2.24, 2.45) is 0 Å². The summed E-state index contributed by atoms with van der Waals surface area (Å²) in [5, 5.41) is 5.97. The highest BCUT2D eigenvalue weighted by molar-refractivity contribution is 7.79. The third kappa shape index (κ3) is 3.09. The van der Waals surface area contributed by atoms with Gasteiger partial charge in [0.2, 0.25) is 5.91 Å². The number of carbonyl (C=O) groups is 1. The topological polar surface area (TPSA) is 81.7 Å². The van der Waals surface area contributed by atoms with E-state index in [1.807, 2.05) is 11.9 Å². The molecule has 0 radical (unpaired) electrons. The first-order valence-corrected chi connectivity index (χ1v) is 7.58. The highest BCUT2D eigenvalue weighted by Crippen LogP contribution is 2.17. The Hall–Kier alpha value is -0.500. The van der Waals surface area contributed by atoms with E-state index in [-0.39, 0.29) is 17.2 Å². The molecular weight excluding hydrogens is 254 g/mol. The van der Waals surface area contributed by atoms with Crippen molar-refractivity contribution in [3.8, 4) is 0 Å². The summed E-state index contributed by atoms with van der Waals surface area (Å²) in [5.41, 5.74) is 0. The zero-order valence-corrected chi connectivity index (χ0v) is 11.4. The number of hydrogen-bond donors (Lipinski definition) is 3. The lowest BCUT2D eigenvalue weighted by molar-refractivity contribution is -0.134. The summed E-state index contributed by atoms with van der Waals surface area (Å²) in [6.07, 6.45) is 2.42. The Kier molecular flexibility index (Phi) is 4.71. The lowest BCUT2D eigenvalue weighted by atomic mass is 10.0. The van der Waals surface area contributed by atoms with Crippen LogP contribution < -0.4 is 10.6 Å². The van der Waals surface area contributed by atoms with E-state index in [1.165, 1.54) is 0 Å². The maximum Gasteiger partial charge on any atom is 0.239 e. The van der Waals surface area contributed by atoms with E-state index >= 15 is 0 Å². The maximum atomic E-state index is 12.2. The van der Waals surface area contributed by atoms with Gasteiger partial charge in [-0.05, 0) is 26.3 Å². The molecule has 18 heavy (non-hydrogen) atoms. The predicted octanol–water partition coefficient (Wildman–Crippen LogP) is -0.851. The van der Waals surface area contributed by atoms with Gasteiger partial charge < -0.3 is 20.1 Å². The molecule has 3 N–H and O–H groups in total. The highest BCUT2D eigenvalue weighted by Gasteiger charge is 2.35. The number of carbonyl (C=O) groups excluding carboxylic acids is 1. The molecule has 3 atom stereocenters. The Balaban J connectivity index is 1.84. The number of piperidine rings is 1. The fourth-order valence-electron chi connectivity index (χ4n) is 2.65. The van der Waals surface area contributed by atoms with E-state index in [1.54, 1.807) is 0 Å². The Labute approximate surface area is 110 Å². The Morgan fingerprint density at radius 1 is 1.44 bits per heavy atom. The van der Waals surface area contributed by atoms with Crippen LogP contribution in [0.25, 0.3) is 0 Å². The zero-order valence-electron chi connectivity index (χ0n) is 10.6. The molecule has 2 fully saturated rings. The fraction of sp³-hybridized carbons (Fsp3) is 0.909. The van der Waals surface area contributed by atoms with Crippen molar-refractivity contribution in [1.29, 1.82) is 0 Å². The molecule has 3 unspecified atom stereocenters. The third-order valence-electron chi connectivity index (χ3n) is 3.89. The molecule has 2 saturated heterocycles. The van der Waals surface area contributed by atoms with Crippen LogP contribution >= 0.6 is 0 Å². The van der Waals surface area contributed by atoms with Crippen molar-refractivity contribution < 1.29 is 13.6 Å². The first kappa shape index (κ1) is 13.9. The van der Waals surface area contributed by atoms with E-state index in [2.05, 4.69) is 10.6 Å². The van der Waals surface area contributed by atoms with Gasteiger partial charge in [-0.1, -0.05) is 0 Å². The van der Waals surface area contributed by atoms with Gasteiger partial charge in [0.1, 0.15) is 0 Å². The number of rotatable bonds is 3. The molecule has 6 nitrogen and oxygen atoms in total. The van der Waals surface area contributed by atoms with Crippen LogP contribution in [0.3, 0.4) is 0 Å². The number of nitrogens with zero attached hydrogens (tertiary/aromatic N) is 1. The lowest BCUT2D eigenvalue weighted by Gasteiger charge is -2.33. The van der Waals surface area contributed by atoms with Crippen LogP contribution in [0.4, 0.5) is 0 Å². The summed E-state index contributed by atoms with van der Waals surface area (Å²) in [4.78, 5) is 14.1. The molecule has 2 rings (SSSR count). The van der Waals surface area contributed by atoms with Gasteiger partial charge in [-0.3, -0.25) is 4.79 Å². The first-order valence-electron chi connectivity index (χ1n) is 6.41. The second kappa shape index (κ2) is 6.10. The van der Waals surface area contributed by atoms with Crippen molar-refractivity contribution in [3.63, 3.8) is 0 Å². The van der Waals surface area contributed by atoms with E-state index in [0.717, 1.165) is 25.9 Å². The van der Waals surface area contributed by atoms with E-state index < -0.39 is 11.1 Å². The molecule has 0 aliphatic carbocycles. The largest absolute Gasteiger partial charge is 0.341 e. The zero-order chi connectivity index (χ0) is 13.1. The molecule has 0 bridgehead atoms. The number of nitrogens with one attached hydrogen (secondary N) is 2. The molecule has 2 heterocycles. The van der Waals surface area contributed by atoms with Crippen molar-refractivity contribution in [3.05, 3.63) is 0 Å². The van der Waals surface area contributed by atoms with Gasteiger partial charge in [0.05, 0.1) is 11.3 Å². The van der Waals surface area contributed by atoms with Crippen molar-refractivity contribution in [2.75, 3.05) is 26.7 Å². The van der Waals surface area contributed by atoms with Gasteiger partial charge in [0.15, 0.2) is 11.1 Å². The average molecular weight is 275 g/mol. The minimum Gasteiger partial charge on any atom is -0.341 e. The predicted molar refractivity (Wildman–Crippen MR) is 69.6 cm³/mol. The molecule has 0 aromatic heterocycles. The minimum absolute atomic E-state index is 0.0810. The van der Waals surface area contributed by atoms with Gasteiger partial charge >= 0.3 is 0 Å². The molecule has 0 saturated carbocycles. The quantitative estimate of drug-likeness (QED) is 0.585. The normalized spacial score (nSPS) is 31.6. The molecule has 0 aromatic carbocycles. The van der Waals surface area contributed by atoms with E-state index in [9.17, 15) is 9.00 Å². The molecule has 0 spiro atoms. The summed E-state index contributed by atoms with van der Waals surface area (Å²) < 4.78 is 20.0. The van der Waals surface area contributed by atoms with Crippen molar-refractivity contribution in [2.45, 2.75) is 36.6 Å². The van der Waals surface area contributed by atoms with Crippen molar-refractivity contribution >= 4 is 17.0 Å². The molecule has 104 valence electrons. The van der Waals surface area contributed by atoms with Crippen molar-refractivity contribution in [1.82, 2.24) is 15.5 Å². The summed E-state index contributed by atoms with van der Waals surface area (Å²) in [5.74, 6) is 0.0810. The summed E-state index contributed by atoms with van der Waals surface area (Å²) >= 11 is -1.83. The van der Waals surface area contributed by atoms with Gasteiger partial charge in [0.25, 0.3) is 0 Å². The fourth-order valence-corrected chi connectivity index (χ4v) is 3.25. The number of hydrogen-bond acceptors (Lipinski definition) is 4. The van der Waals surface area contributed by atoms with Crippen LogP contribution in [0.2, 0.25) is 0 Å². The Bertz CT molecular complexity index is 331. The van der Waals surface area contributed by atoms with Gasteiger partial charge in [-0.25, -0.2) is 4.21 Å². The van der Waals surface area contributed by atoms with Gasteiger partial charge in [-0.15, -0.1) is 0 Å². The standard InChI is InChI=1S/C11H21N3O3S/c1-12-8-2-4-14(5-3-8)11(15)10-6-9(7-13-10)18(16)17/h8-10,12-13H,2-7H2,1H3,(H,16,17). The second-order valence-corrected chi connectivity index (χ2v) is 6.20. The lowest BCUT2D eigenvalue weighted by Crippen LogP contribution is -2.49. The Morgan fingerprint density at radius 2 is 2.11 bits per heavy atom. The molecular formula is C11H21N3O3S. The van der Waals surface area contributed by atoms with Crippen LogP contribution in [-0.2, 0) is 15.9 Å². The monoisotopic (exact) mass is 275 g/mol. The SMILES string of the molecule is CNC1CCN(C(=O)C2CC(S(=O)O)CN2)CC1. The molecule has 7 heteroatoms. The third-order valence-corrected chi connectivity index (χ3v) is 4.82. The van der Waals surface area contributed by atoms with Crippen LogP contribution in [0.1, 0.15) is 19.3 Å². The van der Waals surface area contributed by atoms with E-state index in [4.69, 9.17) is 4.55 Å². The molecule has 0 aromatic rings. The Morgan fingerprint density at radius 3 is 2.61 bits per heavy atom. The minimum atomic E-state index is -1.83. The van der Waals surface area contributed by atoms with Crippen LogP contribution in [0, 0.1) is 0 Å². The first-order chi connectivity index (χ1) is 8.61. The van der Waals surface area contributed by atoms with Gasteiger partial charge in [0, 0.05) is 25.7 Å². The molecule has 1 amide bonds. The molecule has 2 aliphatic rings. The molecule has 2 aliphatic heterocycles. The van der Waals surface area contributed by atoms with Crippen LogP contribution in [-0.4, -0.2) is 63.6 Å². The van der Waals surface area contributed by atoms with Crippen LogP contribution in [0.5, 0.6) is 0 Å². The maximum absolute atomic E-state index is 12.2. The second-order valence-electron chi connectivity index (χ2n) is 4.98. The number of amides is 1. The summed E-state index contributed by atoms with van der Waals surface area (Å²) in [6, 6.07) is 0.223. The van der Waals surface area contributed by atoms with Crippen LogP contribution in [0.15, 0.2) is 0 Å².